The maximum atomic E-state index is 6.08. The molecule has 2 aliphatic heterocycles. The lowest BCUT2D eigenvalue weighted by atomic mass is 10.1. The van der Waals surface area contributed by atoms with Gasteiger partial charge in [-0.3, -0.25) is 0 Å². The van der Waals surface area contributed by atoms with Gasteiger partial charge >= 0.3 is 0 Å². The molecule has 0 radical (unpaired) electrons. The molecule has 3 heterocycles. The molecule has 2 aliphatic rings. The summed E-state index contributed by atoms with van der Waals surface area (Å²) in [5.41, 5.74) is 1.93. The largest absolute Gasteiger partial charge is 0.374 e. The summed E-state index contributed by atoms with van der Waals surface area (Å²) in [7, 11) is 0. The third kappa shape index (κ3) is 4.39. The maximum absolute atomic E-state index is 6.08. The van der Waals surface area contributed by atoms with Crippen molar-refractivity contribution in [3.05, 3.63) is 53.4 Å². The van der Waals surface area contributed by atoms with Crippen molar-refractivity contribution in [2.24, 2.45) is 0 Å². The number of benzene rings is 1. The molecular formula is C20H25NO6. The van der Waals surface area contributed by atoms with Gasteiger partial charge in [-0.2, -0.15) is 0 Å². The third-order valence-corrected chi connectivity index (χ3v) is 4.58. The molecule has 7 nitrogen and oxygen atoms in total. The standard InChI is InChI=1S/C20H25NO6/c1-13-9-15(27-21-13)11-23-17-16(12-22-10-14-7-5-4-6-8-14)24-19-18(17)25-20(2,3)26-19/h4-9,16-19H,10-12H2,1-3H3/t16-,17+,18-,19-/m1/s1. The van der Waals surface area contributed by atoms with E-state index in [1.54, 1.807) is 0 Å². The zero-order valence-electron chi connectivity index (χ0n) is 15.8. The number of hydrogen-bond acceptors (Lipinski definition) is 7. The average Bonchev–Trinajstić information content (AvgIpc) is 3.26. The van der Waals surface area contributed by atoms with Crippen LogP contribution in [0.4, 0.5) is 0 Å². The lowest BCUT2D eigenvalue weighted by Gasteiger charge is -2.25. The van der Waals surface area contributed by atoms with Gasteiger partial charge in [0.2, 0.25) is 0 Å². The van der Waals surface area contributed by atoms with Gasteiger partial charge in [0.1, 0.15) is 24.9 Å². The second-order valence-electron chi connectivity index (χ2n) is 7.35. The van der Waals surface area contributed by atoms with E-state index in [-0.39, 0.29) is 24.9 Å². The predicted molar refractivity (Wildman–Crippen MR) is 94.6 cm³/mol. The van der Waals surface area contributed by atoms with Gasteiger partial charge in [-0.05, 0) is 26.3 Å². The van der Waals surface area contributed by atoms with Crippen LogP contribution in [-0.2, 0) is 36.9 Å². The Morgan fingerprint density at radius 3 is 2.67 bits per heavy atom. The predicted octanol–water partition coefficient (Wildman–Crippen LogP) is 2.96. The summed E-state index contributed by atoms with van der Waals surface area (Å²) in [6.07, 6.45) is -1.39. The second kappa shape index (κ2) is 7.69. The van der Waals surface area contributed by atoms with Gasteiger partial charge < -0.3 is 28.2 Å². The van der Waals surface area contributed by atoms with E-state index in [2.05, 4.69) is 5.16 Å². The molecule has 2 saturated heterocycles. The third-order valence-electron chi connectivity index (χ3n) is 4.58. The van der Waals surface area contributed by atoms with Crippen molar-refractivity contribution < 1.29 is 28.2 Å². The van der Waals surface area contributed by atoms with Crippen LogP contribution >= 0.6 is 0 Å². The number of aromatic nitrogens is 1. The van der Waals surface area contributed by atoms with Gasteiger partial charge in [0.15, 0.2) is 17.8 Å². The molecule has 2 aromatic rings. The lowest BCUT2D eigenvalue weighted by Crippen LogP contribution is -2.38. The van der Waals surface area contributed by atoms with E-state index < -0.39 is 12.1 Å². The molecule has 146 valence electrons. The topological polar surface area (TPSA) is 72.2 Å². The summed E-state index contributed by atoms with van der Waals surface area (Å²) in [5.74, 6) is -0.0339. The highest BCUT2D eigenvalue weighted by Gasteiger charge is 2.55. The highest BCUT2D eigenvalue weighted by molar-refractivity contribution is 5.13. The summed E-state index contributed by atoms with van der Waals surface area (Å²) in [6, 6.07) is 11.9. The number of hydrogen-bond donors (Lipinski definition) is 0. The number of ether oxygens (including phenoxy) is 5. The van der Waals surface area contributed by atoms with Gasteiger partial charge in [-0.15, -0.1) is 0 Å². The fourth-order valence-electron chi connectivity index (χ4n) is 3.41. The first kappa shape index (κ1) is 18.6. The van der Waals surface area contributed by atoms with Crippen LogP contribution in [0.15, 0.2) is 40.9 Å². The van der Waals surface area contributed by atoms with Crippen molar-refractivity contribution >= 4 is 0 Å². The van der Waals surface area contributed by atoms with E-state index in [0.29, 0.717) is 19.0 Å². The smallest absolute Gasteiger partial charge is 0.190 e. The molecular weight excluding hydrogens is 350 g/mol. The minimum Gasteiger partial charge on any atom is -0.374 e. The number of rotatable bonds is 7. The molecule has 0 bridgehead atoms. The normalized spacial score (nSPS) is 29.1. The van der Waals surface area contributed by atoms with Crippen LogP contribution in [0.5, 0.6) is 0 Å². The SMILES string of the molecule is Cc1cc(CO[C@@H]2[C@H]3OC(C)(C)O[C@H]3O[C@@H]2COCc2ccccc2)on1. The van der Waals surface area contributed by atoms with Crippen LogP contribution in [0.25, 0.3) is 0 Å². The van der Waals surface area contributed by atoms with E-state index in [4.69, 9.17) is 28.2 Å². The molecule has 0 amide bonds. The molecule has 27 heavy (non-hydrogen) atoms. The first-order valence-electron chi connectivity index (χ1n) is 9.17. The Morgan fingerprint density at radius 2 is 1.93 bits per heavy atom. The van der Waals surface area contributed by atoms with Crippen LogP contribution in [0.3, 0.4) is 0 Å². The van der Waals surface area contributed by atoms with Gasteiger partial charge in [-0.1, -0.05) is 35.5 Å². The van der Waals surface area contributed by atoms with Crippen molar-refractivity contribution in [2.45, 2.75) is 64.4 Å². The first-order chi connectivity index (χ1) is 13.0. The molecule has 0 saturated carbocycles. The van der Waals surface area contributed by atoms with Gasteiger partial charge in [0.25, 0.3) is 0 Å². The molecule has 0 aliphatic carbocycles. The number of aryl methyl sites for hydroxylation is 1. The number of nitrogens with zero attached hydrogens (tertiary/aromatic N) is 1. The van der Waals surface area contributed by atoms with Crippen LogP contribution in [0.1, 0.15) is 30.9 Å². The van der Waals surface area contributed by atoms with Crippen LogP contribution in [0, 0.1) is 6.92 Å². The van der Waals surface area contributed by atoms with Gasteiger partial charge in [-0.25, -0.2) is 0 Å². The summed E-state index contributed by atoms with van der Waals surface area (Å²) < 4.78 is 35.0. The van der Waals surface area contributed by atoms with Crippen molar-refractivity contribution in [1.82, 2.24) is 5.16 Å². The average molecular weight is 375 g/mol. The van der Waals surface area contributed by atoms with Gasteiger partial charge in [0.05, 0.1) is 18.9 Å². The van der Waals surface area contributed by atoms with Crippen molar-refractivity contribution in [1.29, 1.82) is 0 Å². The second-order valence-corrected chi connectivity index (χ2v) is 7.35. The van der Waals surface area contributed by atoms with Crippen molar-refractivity contribution in [3.63, 3.8) is 0 Å². The fraction of sp³-hybridized carbons (Fsp3) is 0.550. The first-order valence-corrected chi connectivity index (χ1v) is 9.17. The molecule has 4 rings (SSSR count). The summed E-state index contributed by atoms with van der Waals surface area (Å²) in [5, 5.41) is 3.89. The summed E-state index contributed by atoms with van der Waals surface area (Å²) >= 11 is 0. The summed E-state index contributed by atoms with van der Waals surface area (Å²) in [4.78, 5) is 0. The van der Waals surface area contributed by atoms with E-state index in [0.717, 1.165) is 11.3 Å². The Hall–Kier alpha value is -1.77. The minimum atomic E-state index is -0.699. The summed E-state index contributed by atoms with van der Waals surface area (Å²) in [6.45, 7) is 6.79. The zero-order valence-corrected chi connectivity index (χ0v) is 15.8. The molecule has 7 heteroatoms. The molecule has 2 fully saturated rings. The zero-order chi connectivity index (χ0) is 18.9. The molecule has 0 spiro atoms. The molecule has 0 N–H and O–H groups in total. The van der Waals surface area contributed by atoms with Crippen LogP contribution in [-0.4, -0.2) is 42.2 Å². The van der Waals surface area contributed by atoms with Crippen LogP contribution < -0.4 is 0 Å². The molecule has 4 atom stereocenters. The van der Waals surface area contributed by atoms with E-state index in [1.807, 2.05) is 57.2 Å². The van der Waals surface area contributed by atoms with Gasteiger partial charge in [0, 0.05) is 6.07 Å². The fourth-order valence-corrected chi connectivity index (χ4v) is 3.41. The van der Waals surface area contributed by atoms with E-state index in [1.165, 1.54) is 0 Å². The monoisotopic (exact) mass is 375 g/mol. The molecule has 0 unspecified atom stereocenters. The quantitative estimate of drug-likeness (QED) is 0.737. The van der Waals surface area contributed by atoms with Crippen molar-refractivity contribution in [3.8, 4) is 0 Å². The van der Waals surface area contributed by atoms with Crippen molar-refractivity contribution in [2.75, 3.05) is 6.61 Å². The molecule has 1 aromatic heterocycles. The maximum Gasteiger partial charge on any atom is 0.190 e. The highest BCUT2D eigenvalue weighted by Crippen LogP contribution is 2.39. The Balaban J connectivity index is 1.38. The Bertz CT molecular complexity index is 746. The number of fused-ring (bicyclic) bond motifs is 1. The Morgan fingerprint density at radius 1 is 1.11 bits per heavy atom. The lowest BCUT2D eigenvalue weighted by molar-refractivity contribution is -0.225. The molecule has 1 aromatic carbocycles. The Kier molecular flexibility index (Phi) is 5.29. The van der Waals surface area contributed by atoms with Crippen LogP contribution in [0.2, 0.25) is 0 Å². The van der Waals surface area contributed by atoms with E-state index >= 15 is 0 Å². The highest BCUT2D eigenvalue weighted by atomic mass is 16.8. The Labute approximate surface area is 158 Å². The van der Waals surface area contributed by atoms with E-state index in [9.17, 15) is 0 Å². The minimum absolute atomic E-state index is 0.288.